The normalized spacial score (nSPS) is 14.3. The zero-order chi connectivity index (χ0) is 9.42. The number of hydrogen-bond donors (Lipinski definition) is 1. The molecule has 5 nitrogen and oxygen atoms in total. The molecule has 0 saturated carbocycles. The van der Waals surface area contributed by atoms with Crippen molar-refractivity contribution in [2.45, 2.75) is 0 Å². The standard InChI is InChI=1S/C7H8ClN3O2/c1-11-7(12)4(8)5-6(10-11)13-3-2-9-5/h9H,2-3H2,1H3. The van der Waals surface area contributed by atoms with Crippen LogP contribution in [0.1, 0.15) is 0 Å². The van der Waals surface area contributed by atoms with E-state index in [1.54, 1.807) is 0 Å². The predicted molar refractivity (Wildman–Crippen MR) is 48.5 cm³/mol. The molecule has 1 aromatic rings. The van der Waals surface area contributed by atoms with E-state index in [4.69, 9.17) is 16.3 Å². The summed E-state index contributed by atoms with van der Waals surface area (Å²) in [4.78, 5) is 11.3. The van der Waals surface area contributed by atoms with Gasteiger partial charge in [0.15, 0.2) is 0 Å². The number of halogens is 1. The van der Waals surface area contributed by atoms with Gasteiger partial charge in [0.25, 0.3) is 11.4 Å². The molecule has 1 aliphatic rings. The fraction of sp³-hybridized carbons (Fsp3) is 0.429. The molecule has 0 fully saturated rings. The lowest BCUT2D eigenvalue weighted by Crippen LogP contribution is -2.27. The Morgan fingerprint density at radius 2 is 2.46 bits per heavy atom. The van der Waals surface area contributed by atoms with E-state index in [2.05, 4.69) is 10.4 Å². The first-order valence-electron chi connectivity index (χ1n) is 3.83. The average Bonchev–Trinajstić information content (AvgIpc) is 2.15. The van der Waals surface area contributed by atoms with Crippen LogP contribution in [0.3, 0.4) is 0 Å². The van der Waals surface area contributed by atoms with Gasteiger partial charge in [-0.3, -0.25) is 4.79 Å². The van der Waals surface area contributed by atoms with Gasteiger partial charge in [0.1, 0.15) is 17.3 Å². The molecule has 2 heterocycles. The number of rotatable bonds is 0. The lowest BCUT2D eigenvalue weighted by molar-refractivity contribution is 0.300. The van der Waals surface area contributed by atoms with Crippen molar-refractivity contribution < 1.29 is 4.74 Å². The number of hydrogen-bond acceptors (Lipinski definition) is 4. The van der Waals surface area contributed by atoms with Crippen LogP contribution in [0.4, 0.5) is 5.69 Å². The molecule has 6 heteroatoms. The second-order valence-electron chi connectivity index (χ2n) is 2.70. The molecule has 0 unspecified atom stereocenters. The van der Waals surface area contributed by atoms with E-state index in [1.807, 2.05) is 0 Å². The molecule has 0 aromatic carbocycles. The summed E-state index contributed by atoms with van der Waals surface area (Å²) in [6.45, 7) is 1.18. The molecule has 0 aliphatic carbocycles. The van der Waals surface area contributed by atoms with E-state index in [9.17, 15) is 4.79 Å². The zero-order valence-corrected chi connectivity index (χ0v) is 7.76. The van der Waals surface area contributed by atoms with Crippen LogP contribution >= 0.6 is 11.6 Å². The van der Waals surface area contributed by atoms with Gasteiger partial charge in [-0.25, -0.2) is 4.68 Å². The summed E-state index contributed by atoms with van der Waals surface area (Å²) < 4.78 is 6.38. The molecule has 1 aliphatic heterocycles. The van der Waals surface area contributed by atoms with E-state index in [-0.39, 0.29) is 10.6 Å². The van der Waals surface area contributed by atoms with Gasteiger partial charge in [-0.15, -0.1) is 5.10 Å². The summed E-state index contributed by atoms with van der Waals surface area (Å²) in [7, 11) is 1.53. The Bertz CT molecular complexity index is 401. The molecule has 0 amide bonds. The molecule has 0 saturated heterocycles. The first-order valence-corrected chi connectivity index (χ1v) is 4.21. The summed E-state index contributed by atoms with van der Waals surface area (Å²) in [5.41, 5.74) is 0.175. The third-order valence-electron chi connectivity index (χ3n) is 1.80. The summed E-state index contributed by atoms with van der Waals surface area (Å²) in [6, 6.07) is 0. The summed E-state index contributed by atoms with van der Waals surface area (Å²) in [6.07, 6.45) is 0. The summed E-state index contributed by atoms with van der Waals surface area (Å²) >= 11 is 5.80. The Labute approximate surface area is 79.3 Å². The van der Waals surface area contributed by atoms with Crippen molar-refractivity contribution in [3.05, 3.63) is 15.4 Å². The fourth-order valence-electron chi connectivity index (χ4n) is 1.15. The number of nitrogens with one attached hydrogen (secondary N) is 1. The Balaban J connectivity index is 2.67. The van der Waals surface area contributed by atoms with E-state index < -0.39 is 0 Å². The number of aromatic nitrogens is 2. The van der Waals surface area contributed by atoms with Crippen molar-refractivity contribution >= 4 is 17.3 Å². The van der Waals surface area contributed by atoms with E-state index >= 15 is 0 Å². The first kappa shape index (κ1) is 8.37. The van der Waals surface area contributed by atoms with Crippen LogP contribution in [0.25, 0.3) is 0 Å². The average molecular weight is 202 g/mol. The molecule has 0 bridgehead atoms. The van der Waals surface area contributed by atoms with Gasteiger partial charge in [-0.05, 0) is 0 Å². The Kier molecular flexibility index (Phi) is 1.88. The highest BCUT2D eigenvalue weighted by Gasteiger charge is 2.18. The highest BCUT2D eigenvalue weighted by atomic mass is 35.5. The zero-order valence-electron chi connectivity index (χ0n) is 7.00. The number of aryl methyl sites for hydroxylation is 1. The van der Waals surface area contributed by atoms with E-state index in [1.165, 1.54) is 7.05 Å². The number of fused-ring (bicyclic) bond motifs is 1. The van der Waals surface area contributed by atoms with Gasteiger partial charge in [-0.1, -0.05) is 11.6 Å². The molecule has 13 heavy (non-hydrogen) atoms. The number of anilines is 1. The minimum atomic E-state index is -0.321. The molecular formula is C7H8ClN3O2. The van der Waals surface area contributed by atoms with Crippen molar-refractivity contribution in [2.24, 2.45) is 7.05 Å². The maximum Gasteiger partial charge on any atom is 0.287 e. The van der Waals surface area contributed by atoms with E-state index in [0.29, 0.717) is 24.7 Å². The van der Waals surface area contributed by atoms with Crippen LogP contribution in [0.2, 0.25) is 5.02 Å². The van der Waals surface area contributed by atoms with Gasteiger partial charge in [0.05, 0.1) is 0 Å². The van der Waals surface area contributed by atoms with Crippen molar-refractivity contribution in [3.63, 3.8) is 0 Å². The molecule has 0 atom stereocenters. The molecule has 70 valence electrons. The number of ether oxygens (including phenoxy) is 1. The maximum atomic E-state index is 11.3. The van der Waals surface area contributed by atoms with Crippen molar-refractivity contribution in [2.75, 3.05) is 18.5 Å². The van der Waals surface area contributed by atoms with Gasteiger partial charge < -0.3 is 10.1 Å². The largest absolute Gasteiger partial charge is 0.473 e. The smallest absolute Gasteiger partial charge is 0.287 e. The van der Waals surface area contributed by atoms with Crippen LogP contribution in [0.15, 0.2) is 4.79 Å². The van der Waals surface area contributed by atoms with Crippen molar-refractivity contribution in [3.8, 4) is 5.88 Å². The van der Waals surface area contributed by atoms with E-state index in [0.717, 1.165) is 4.68 Å². The minimum absolute atomic E-state index is 0.132. The molecule has 1 N–H and O–H groups in total. The molecule has 0 radical (unpaired) electrons. The monoisotopic (exact) mass is 201 g/mol. The van der Waals surface area contributed by atoms with Crippen LogP contribution < -0.4 is 15.6 Å². The van der Waals surface area contributed by atoms with Crippen LogP contribution in [-0.2, 0) is 7.05 Å². The van der Waals surface area contributed by atoms with Crippen LogP contribution in [0, 0.1) is 0 Å². The maximum absolute atomic E-state index is 11.3. The summed E-state index contributed by atoms with van der Waals surface area (Å²) in [5, 5.41) is 7.01. The topological polar surface area (TPSA) is 56.2 Å². The van der Waals surface area contributed by atoms with Crippen molar-refractivity contribution in [1.82, 2.24) is 9.78 Å². The third kappa shape index (κ3) is 1.25. The highest BCUT2D eigenvalue weighted by molar-refractivity contribution is 6.33. The van der Waals surface area contributed by atoms with Gasteiger partial charge >= 0.3 is 0 Å². The predicted octanol–water partition coefficient (Wildman–Crippen LogP) is 0.238. The summed E-state index contributed by atoms with van der Waals surface area (Å²) in [5.74, 6) is 0.387. The second kappa shape index (κ2) is 2.92. The van der Waals surface area contributed by atoms with Crippen LogP contribution in [0.5, 0.6) is 5.88 Å². The lowest BCUT2D eigenvalue weighted by atomic mass is 10.4. The highest BCUT2D eigenvalue weighted by Crippen LogP contribution is 2.28. The van der Waals surface area contributed by atoms with Crippen LogP contribution in [-0.4, -0.2) is 22.9 Å². The Morgan fingerprint density at radius 1 is 1.69 bits per heavy atom. The SMILES string of the molecule is Cn1nc2c(c(Cl)c1=O)NCCO2. The Morgan fingerprint density at radius 3 is 3.23 bits per heavy atom. The molecule has 1 aromatic heterocycles. The Hall–Kier alpha value is -1.23. The minimum Gasteiger partial charge on any atom is -0.473 e. The molecule has 0 spiro atoms. The van der Waals surface area contributed by atoms with Gasteiger partial charge in [0, 0.05) is 13.6 Å². The molecule has 2 rings (SSSR count). The first-order chi connectivity index (χ1) is 6.20. The van der Waals surface area contributed by atoms with Gasteiger partial charge in [-0.2, -0.15) is 0 Å². The van der Waals surface area contributed by atoms with Crippen molar-refractivity contribution in [1.29, 1.82) is 0 Å². The quantitative estimate of drug-likeness (QED) is 0.653. The second-order valence-corrected chi connectivity index (χ2v) is 3.08. The third-order valence-corrected chi connectivity index (χ3v) is 2.15. The fourth-order valence-corrected chi connectivity index (χ4v) is 1.42. The molecular weight excluding hydrogens is 194 g/mol. The van der Waals surface area contributed by atoms with Gasteiger partial charge in [0.2, 0.25) is 0 Å². The lowest BCUT2D eigenvalue weighted by Gasteiger charge is -2.18. The number of nitrogens with zero attached hydrogens (tertiary/aromatic N) is 2.